The summed E-state index contributed by atoms with van der Waals surface area (Å²) in [6.45, 7) is 5.72. The molecule has 0 saturated heterocycles. The van der Waals surface area contributed by atoms with Crippen LogP contribution in [0.3, 0.4) is 0 Å². The van der Waals surface area contributed by atoms with Gasteiger partial charge in [0.15, 0.2) is 20.5 Å². The number of furan rings is 1. The van der Waals surface area contributed by atoms with Gasteiger partial charge in [-0.15, -0.1) is 0 Å². The van der Waals surface area contributed by atoms with Gasteiger partial charge in [0.2, 0.25) is 0 Å². The molecule has 0 amide bonds. The lowest BCUT2D eigenvalue weighted by molar-refractivity contribution is 0.486. The maximum atomic E-state index is 11.7. The molecule has 6 nitrogen and oxygen atoms in total. The molecule has 8 heteroatoms. The standard InChI is InChI=1S/C18H24BrN3O3S/c1-4-20-18(21-10-9-15-6-8-17(19)25-15)22-12-14-5-7-16(13(2)11-14)26(3,23)24/h5-8,11H,4,9-10,12H2,1-3H3,(H2,20,21,22). The Hall–Kier alpha value is -1.80. The van der Waals surface area contributed by atoms with Crippen molar-refractivity contribution in [2.75, 3.05) is 19.3 Å². The predicted octanol–water partition coefficient (Wildman–Crippen LogP) is 3.05. The summed E-state index contributed by atoms with van der Waals surface area (Å²) in [6, 6.07) is 9.12. The maximum absolute atomic E-state index is 11.7. The quantitative estimate of drug-likeness (QED) is 0.509. The molecule has 1 aromatic heterocycles. The first-order valence-corrected chi connectivity index (χ1v) is 11.0. The normalized spacial score (nSPS) is 12.2. The molecule has 0 atom stereocenters. The zero-order valence-corrected chi connectivity index (χ0v) is 17.6. The number of guanidine groups is 1. The average Bonchev–Trinajstić information content (AvgIpc) is 2.97. The average molecular weight is 442 g/mol. The molecule has 0 fully saturated rings. The Kier molecular flexibility index (Phi) is 7.28. The van der Waals surface area contributed by atoms with Crippen LogP contribution in [0.15, 0.2) is 49.3 Å². The highest BCUT2D eigenvalue weighted by atomic mass is 79.9. The summed E-state index contributed by atoms with van der Waals surface area (Å²) in [4.78, 5) is 4.92. The van der Waals surface area contributed by atoms with Crippen LogP contribution >= 0.6 is 15.9 Å². The minimum Gasteiger partial charge on any atom is -0.454 e. The molecule has 2 aromatic rings. The molecule has 0 radical (unpaired) electrons. The van der Waals surface area contributed by atoms with Crippen LogP contribution in [0.25, 0.3) is 0 Å². The van der Waals surface area contributed by atoms with Gasteiger partial charge in [-0.25, -0.2) is 13.4 Å². The third-order valence-corrected chi connectivity index (χ3v) is 5.38. The zero-order valence-electron chi connectivity index (χ0n) is 15.2. The summed E-state index contributed by atoms with van der Waals surface area (Å²) in [5.74, 6) is 1.61. The van der Waals surface area contributed by atoms with Gasteiger partial charge in [-0.1, -0.05) is 12.1 Å². The van der Waals surface area contributed by atoms with Crippen molar-refractivity contribution < 1.29 is 12.8 Å². The molecule has 0 unspecified atom stereocenters. The zero-order chi connectivity index (χ0) is 19.2. The Balaban J connectivity index is 1.98. The molecule has 1 heterocycles. The lowest BCUT2D eigenvalue weighted by Crippen LogP contribution is -2.38. The number of rotatable bonds is 7. The highest BCUT2D eigenvalue weighted by Crippen LogP contribution is 2.17. The van der Waals surface area contributed by atoms with Crippen LogP contribution < -0.4 is 10.6 Å². The number of halogens is 1. The van der Waals surface area contributed by atoms with Gasteiger partial charge < -0.3 is 15.1 Å². The van der Waals surface area contributed by atoms with Crippen molar-refractivity contribution >= 4 is 31.7 Å². The van der Waals surface area contributed by atoms with E-state index in [1.165, 1.54) is 6.26 Å². The van der Waals surface area contributed by atoms with Crippen LogP contribution in [0.1, 0.15) is 23.8 Å². The molecule has 0 bridgehead atoms. The van der Waals surface area contributed by atoms with Crippen LogP contribution in [0, 0.1) is 6.92 Å². The fourth-order valence-electron chi connectivity index (χ4n) is 2.53. The van der Waals surface area contributed by atoms with E-state index in [9.17, 15) is 8.42 Å². The smallest absolute Gasteiger partial charge is 0.191 e. The molecule has 0 spiro atoms. The van der Waals surface area contributed by atoms with Crippen LogP contribution in [-0.4, -0.2) is 33.7 Å². The number of benzene rings is 1. The molecule has 2 N–H and O–H groups in total. The van der Waals surface area contributed by atoms with Crippen LogP contribution in [0.5, 0.6) is 0 Å². The van der Waals surface area contributed by atoms with Crippen molar-refractivity contribution in [3.63, 3.8) is 0 Å². The first-order chi connectivity index (χ1) is 12.3. The molecule has 0 aliphatic heterocycles. The summed E-state index contributed by atoms with van der Waals surface area (Å²) in [7, 11) is -3.20. The second-order valence-electron chi connectivity index (χ2n) is 5.95. The van der Waals surface area contributed by atoms with Crippen molar-refractivity contribution in [3.05, 3.63) is 51.9 Å². The number of sulfone groups is 1. The van der Waals surface area contributed by atoms with Crippen molar-refractivity contribution in [1.29, 1.82) is 0 Å². The number of aryl methyl sites for hydroxylation is 1. The van der Waals surface area contributed by atoms with E-state index in [0.29, 0.717) is 23.9 Å². The molecule has 2 rings (SSSR count). The third-order valence-electron chi connectivity index (χ3n) is 3.70. The van der Waals surface area contributed by atoms with E-state index < -0.39 is 9.84 Å². The van der Waals surface area contributed by atoms with E-state index in [1.807, 2.05) is 25.1 Å². The number of hydrogen-bond acceptors (Lipinski definition) is 4. The summed E-state index contributed by atoms with van der Waals surface area (Å²) < 4.78 is 29.6. The Morgan fingerprint density at radius 1 is 1.23 bits per heavy atom. The summed E-state index contributed by atoms with van der Waals surface area (Å²) in [5, 5.41) is 6.46. The van der Waals surface area contributed by atoms with Gasteiger partial charge in [0.05, 0.1) is 11.4 Å². The number of hydrogen-bond donors (Lipinski definition) is 2. The van der Waals surface area contributed by atoms with Gasteiger partial charge in [0.25, 0.3) is 0 Å². The van der Waals surface area contributed by atoms with E-state index in [1.54, 1.807) is 19.1 Å². The second kappa shape index (κ2) is 9.23. The van der Waals surface area contributed by atoms with Gasteiger partial charge in [-0.2, -0.15) is 0 Å². The largest absolute Gasteiger partial charge is 0.454 e. The van der Waals surface area contributed by atoms with Gasteiger partial charge in [-0.3, -0.25) is 0 Å². The van der Waals surface area contributed by atoms with Crippen molar-refractivity contribution in [3.8, 4) is 0 Å². The SMILES string of the molecule is CCNC(=NCc1ccc(S(C)(=O)=O)c(C)c1)NCCc1ccc(Br)o1. The Labute approximate surface area is 163 Å². The third kappa shape index (κ3) is 6.17. The van der Waals surface area contributed by atoms with E-state index in [2.05, 4.69) is 31.6 Å². The van der Waals surface area contributed by atoms with Crippen LogP contribution in [-0.2, 0) is 22.8 Å². The van der Waals surface area contributed by atoms with E-state index in [0.717, 1.165) is 34.5 Å². The molecular weight excluding hydrogens is 418 g/mol. The van der Waals surface area contributed by atoms with Gasteiger partial charge in [0, 0.05) is 25.8 Å². The molecule has 0 aliphatic carbocycles. The van der Waals surface area contributed by atoms with Crippen molar-refractivity contribution in [2.24, 2.45) is 4.99 Å². The number of nitrogens with zero attached hydrogens (tertiary/aromatic N) is 1. The highest BCUT2D eigenvalue weighted by molar-refractivity contribution is 9.10. The minimum atomic E-state index is -3.20. The summed E-state index contributed by atoms with van der Waals surface area (Å²) in [5.41, 5.74) is 1.70. The first kappa shape index (κ1) is 20.5. The predicted molar refractivity (Wildman–Crippen MR) is 107 cm³/mol. The number of nitrogens with one attached hydrogen (secondary N) is 2. The second-order valence-corrected chi connectivity index (χ2v) is 8.72. The molecule has 1 aromatic carbocycles. The van der Waals surface area contributed by atoms with E-state index in [4.69, 9.17) is 4.42 Å². The summed E-state index contributed by atoms with van der Waals surface area (Å²) in [6.07, 6.45) is 1.97. The van der Waals surface area contributed by atoms with Gasteiger partial charge in [0.1, 0.15) is 5.76 Å². The van der Waals surface area contributed by atoms with E-state index in [-0.39, 0.29) is 0 Å². The monoisotopic (exact) mass is 441 g/mol. The fraction of sp³-hybridized carbons (Fsp3) is 0.389. The lowest BCUT2D eigenvalue weighted by Gasteiger charge is -2.11. The Morgan fingerprint density at radius 3 is 2.58 bits per heavy atom. The maximum Gasteiger partial charge on any atom is 0.191 e. The number of aliphatic imine (C=N–C) groups is 1. The van der Waals surface area contributed by atoms with E-state index >= 15 is 0 Å². The topological polar surface area (TPSA) is 83.7 Å². The first-order valence-electron chi connectivity index (χ1n) is 8.35. The molecular formula is C18H24BrN3O3S. The van der Waals surface area contributed by atoms with Crippen LogP contribution in [0.2, 0.25) is 0 Å². The fourth-order valence-corrected chi connectivity index (χ4v) is 3.83. The van der Waals surface area contributed by atoms with Gasteiger partial charge >= 0.3 is 0 Å². The molecule has 0 aliphatic rings. The minimum absolute atomic E-state index is 0.361. The lowest BCUT2D eigenvalue weighted by atomic mass is 10.1. The Morgan fingerprint density at radius 2 is 2.00 bits per heavy atom. The molecule has 0 saturated carbocycles. The van der Waals surface area contributed by atoms with Crippen molar-refractivity contribution in [2.45, 2.75) is 31.7 Å². The molecule has 142 valence electrons. The molecule has 26 heavy (non-hydrogen) atoms. The van der Waals surface area contributed by atoms with Gasteiger partial charge in [-0.05, 0) is 59.1 Å². The Bertz CT molecular complexity index is 876. The highest BCUT2D eigenvalue weighted by Gasteiger charge is 2.10. The van der Waals surface area contributed by atoms with Crippen LogP contribution in [0.4, 0.5) is 0 Å². The summed E-state index contributed by atoms with van der Waals surface area (Å²) >= 11 is 3.29. The van der Waals surface area contributed by atoms with Crippen molar-refractivity contribution in [1.82, 2.24) is 10.6 Å².